The maximum Gasteiger partial charge on any atom is 0.326 e. The van der Waals surface area contributed by atoms with E-state index in [1.165, 1.54) is 16.7 Å². The van der Waals surface area contributed by atoms with Crippen LogP contribution in [0.1, 0.15) is 32.0 Å². The van der Waals surface area contributed by atoms with Crippen LogP contribution in [0.25, 0.3) is 22.0 Å². The summed E-state index contributed by atoms with van der Waals surface area (Å²) < 4.78 is 35.8. The lowest BCUT2D eigenvalue weighted by Gasteiger charge is -2.16. The van der Waals surface area contributed by atoms with Gasteiger partial charge in [0.1, 0.15) is 17.3 Å². The van der Waals surface area contributed by atoms with Crippen LogP contribution >= 0.6 is 0 Å². The lowest BCUT2D eigenvalue weighted by atomic mass is 9.92. The molecule has 4 rings (SSSR count). The van der Waals surface area contributed by atoms with E-state index < -0.39 is 34.5 Å². The SMILES string of the molecule is CNc1cc2c(cn1)cc(-c1cc(NC(=O)Nc3onc(C(C)(C)C)c3F)c(F)cc1C)c(=O)n2CCO. The molecule has 3 aromatic heterocycles. The number of nitrogens with one attached hydrogen (secondary N) is 3. The minimum atomic E-state index is -0.964. The number of rotatable bonds is 6. The first kappa shape index (κ1) is 26.7. The van der Waals surface area contributed by atoms with Gasteiger partial charge in [0.15, 0.2) is 0 Å². The van der Waals surface area contributed by atoms with Gasteiger partial charge >= 0.3 is 6.03 Å². The molecule has 0 bridgehead atoms. The molecule has 38 heavy (non-hydrogen) atoms. The third kappa shape index (κ3) is 5.07. The third-order valence-electron chi connectivity index (χ3n) is 5.98. The van der Waals surface area contributed by atoms with Crippen molar-refractivity contribution in [2.24, 2.45) is 0 Å². The average molecular weight is 527 g/mol. The van der Waals surface area contributed by atoms with E-state index in [-0.39, 0.29) is 30.1 Å². The molecule has 2 amide bonds. The molecule has 4 N–H and O–H groups in total. The number of hydrogen-bond acceptors (Lipinski definition) is 7. The standard InChI is InChI=1S/C26H28F2N6O4/c1-13-8-17(27)18(31-25(37)32-23-21(28)22(33-38-23)26(2,3)4)10-15(13)16-9-14-12-30-20(29-5)11-19(14)34(6-7-35)24(16)36/h8-12,35H,6-7H2,1-5H3,(H,29,30)(H2,31,32,37). The number of halogens is 2. The van der Waals surface area contributed by atoms with Crippen molar-refractivity contribution < 1.29 is 23.2 Å². The second kappa shape index (κ2) is 10.2. The van der Waals surface area contributed by atoms with E-state index in [1.807, 2.05) is 0 Å². The molecule has 0 aliphatic carbocycles. The number of carbonyl (C=O) groups excluding carboxylic acids is 1. The van der Waals surface area contributed by atoms with Gasteiger partial charge in [0, 0.05) is 42.2 Å². The number of aryl methyl sites for hydroxylation is 1. The number of anilines is 3. The molecular formula is C26H28F2N6O4. The fraction of sp³-hybridized carbons (Fsp3) is 0.308. The van der Waals surface area contributed by atoms with Crippen molar-refractivity contribution in [3.63, 3.8) is 0 Å². The molecule has 0 atom stereocenters. The zero-order valence-corrected chi connectivity index (χ0v) is 21.6. The molecule has 0 aliphatic rings. The monoisotopic (exact) mass is 526 g/mol. The average Bonchev–Trinajstić information content (AvgIpc) is 3.22. The second-order valence-corrected chi connectivity index (χ2v) is 9.77. The highest BCUT2D eigenvalue weighted by atomic mass is 19.1. The number of aromatic nitrogens is 3. The molecule has 3 heterocycles. The Balaban J connectivity index is 1.72. The van der Waals surface area contributed by atoms with Gasteiger partial charge in [-0.25, -0.2) is 14.2 Å². The summed E-state index contributed by atoms with van der Waals surface area (Å²) in [7, 11) is 1.70. The van der Waals surface area contributed by atoms with Crippen LogP contribution in [-0.2, 0) is 12.0 Å². The number of hydrogen-bond donors (Lipinski definition) is 4. The Labute approximate surface area is 216 Å². The molecule has 0 aliphatic heterocycles. The Kier molecular flexibility index (Phi) is 7.18. The Bertz CT molecular complexity index is 1590. The van der Waals surface area contributed by atoms with Crippen molar-refractivity contribution in [1.29, 1.82) is 0 Å². The summed E-state index contributed by atoms with van der Waals surface area (Å²) in [6.45, 7) is 6.58. The minimum absolute atomic E-state index is 0.0309. The Hall–Kier alpha value is -4.32. The van der Waals surface area contributed by atoms with Crippen molar-refractivity contribution in [2.75, 3.05) is 29.6 Å². The molecule has 0 fully saturated rings. The van der Waals surface area contributed by atoms with Gasteiger partial charge in [-0.2, -0.15) is 4.39 Å². The topological polar surface area (TPSA) is 134 Å². The molecule has 200 valence electrons. The summed E-state index contributed by atoms with van der Waals surface area (Å²) in [5, 5.41) is 21.3. The highest BCUT2D eigenvalue weighted by molar-refractivity contribution is 5.99. The number of urea groups is 1. The summed E-state index contributed by atoms with van der Waals surface area (Å²) >= 11 is 0. The minimum Gasteiger partial charge on any atom is -0.395 e. The molecule has 0 unspecified atom stereocenters. The van der Waals surface area contributed by atoms with Gasteiger partial charge in [0.25, 0.3) is 11.4 Å². The van der Waals surface area contributed by atoms with Crippen LogP contribution in [0.15, 0.2) is 39.8 Å². The van der Waals surface area contributed by atoms with Gasteiger partial charge in [-0.15, -0.1) is 0 Å². The molecular weight excluding hydrogens is 498 g/mol. The molecule has 10 nitrogen and oxygen atoms in total. The van der Waals surface area contributed by atoms with Crippen molar-refractivity contribution in [1.82, 2.24) is 14.7 Å². The van der Waals surface area contributed by atoms with Gasteiger partial charge in [-0.1, -0.05) is 25.9 Å². The number of aliphatic hydroxyl groups is 1. The van der Waals surface area contributed by atoms with E-state index >= 15 is 0 Å². The zero-order chi connectivity index (χ0) is 27.8. The van der Waals surface area contributed by atoms with Gasteiger partial charge < -0.3 is 24.8 Å². The van der Waals surface area contributed by atoms with E-state index in [9.17, 15) is 23.5 Å². The van der Waals surface area contributed by atoms with Crippen LogP contribution in [0, 0.1) is 18.6 Å². The van der Waals surface area contributed by atoms with Crippen LogP contribution in [0.5, 0.6) is 0 Å². The van der Waals surface area contributed by atoms with Crippen molar-refractivity contribution in [2.45, 2.75) is 39.7 Å². The van der Waals surface area contributed by atoms with E-state index in [2.05, 4.69) is 26.1 Å². The summed E-state index contributed by atoms with van der Waals surface area (Å²) in [5.41, 5.74) is 0.308. The summed E-state index contributed by atoms with van der Waals surface area (Å²) in [5.74, 6) is -1.54. The maximum atomic E-state index is 14.8. The lowest BCUT2D eigenvalue weighted by molar-refractivity contribution is 0.261. The molecule has 0 spiro atoms. The number of benzene rings is 1. The number of amides is 2. The van der Waals surface area contributed by atoms with Crippen LogP contribution in [0.4, 0.5) is 31.0 Å². The second-order valence-electron chi connectivity index (χ2n) is 9.77. The van der Waals surface area contributed by atoms with E-state index in [4.69, 9.17) is 4.52 Å². The smallest absolute Gasteiger partial charge is 0.326 e. The van der Waals surface area contributed by atoms with E-state index in [0.29, 0.717) is 27.8 Å². The predicted octanol–water partition coefficient (Wildman–Crippen LogP) is 4.61. The van der Waals surface area contributed by atoms with Crippen LogP contribution < -0.4 is 21.5 Å². The molecule has 4 aromatic rings. The Morgan fingerprint density at radius 2 is 1.87 bits per heavy atom. The highest BCUT2D eigenvalue weighted by Gasteiger charge is 2.27. The van der Waals surface area contributed by atoms with Gasteiger partial charge in [-0.3, -0.25) is 10.1 Å². The molecule has 1 aromatic carbocycles. The van der Waals surface area contributed by atoms with Crippen LogP contribution in [-0.4, -0.2) is 39.5 Å². The predicted molar refractivity (Wildman–Crippen MR) is 141 cm³/mol. The number of nitrogens with zero attached hydrogens (tertiary/aromatic N) is 3. The first-order valence-corrected chi connectivity index (χ1v) is 11.8. The van der Waals surface area contributed by atoms with E-state index in [1.54, 1.807) is 53.1 Å². The largest absolute Gasteiger partial charge is 0.395 e. The molecule has 0 saturated heterocycles. The Morgan fingerprint density at radius 1 is 1.13 bits per heavy atom. The van der Waals surface area contributed by atoms with Gasteiger partial charge in [-0.05, 0) is 36.2 Å². The zero-order valence-electron chi connectivity index (χ0n) is 21.6. The number of aliphatic hydroxyl groups excluding tert-OH is 1. The summed E-state index contributed by atoms with van der Waals surface area (Å²) in [6.07, 6.45) is 1.58. The number of pyridine rings is 2. The maximum absolute atomic E-state index is 14.8. The fourth-order valence-corrected chi connectivity index (χ4v) is 4.06. The summed E-state index contributed by atoms with van der Waals surface area (Å²) in [6, 6.07) is 4.86. The number of fused-ring (bicyclic) bond motifs is 1. The van der Waals surface area contributed by atoms with Crippen molar-refractivity contribution >= 4 is 34.3 Å². The van der Waals surface area contributed by atoms with Crippen LogP contribution in [0.2, 0.25) is 0 Å². The number of carbonyl (C=O) groups is 1. The van der Waals surface area contributed by atoms with Crippen molar-refractivity contribution in [3.05, 3.63) is 63.7 Å². The summed E-state index contributed by atoms with van der Waals surface area (Å²) in [4.78, 5) is 30.3. The van der Waals surface area contributed by atoms with Gasteiger partial charge in [0.2, 0.25) is 5.82 Å². The van der Waals surface area contributed by atoms with Crippen LogP contribution in [0.3, 0.4) is 0 Å². The third-order valence-corrected chi connectivity index (χ3v) is 5.98. The molecule has 0 saturated carbocycles. The normalized spacial score (nSPS) is 11.6. The van der Waals surface area contributed by atoms with E-state index in [0.717, 1.165) is 0 Å². The lowest BCUT2D eigenvalue weighted by Crippen LogP contribution is -2.24. The molecule has 12 heteroatoms. The van der Waals surface area contributed by atoms with Gasteiger partial charge in [0.05, 0.1) is 17.8 Å². The Morgan fingerprint density at radius 3 is 2.50 bits per heavy atom. The molecule has 0 radical (unpaired) electrons. The quantitative estimate of drug-likeness (QED) is 0.288. The van der Waals surface area contributed by atoms with Crippen molar-refractivity contribution in [3.8, 4) is 11.1 Å². The fourth-order valence-electron chi connectivity index (χ4n) is 4.06. The highest BCUT2D eigenvalue weighted by Crippen LogP contribution is 2.31. The first-order chi connectivity index (χ1) is 17.9. The first-order valence-electron chi connectivity index (χ1n) is 11.8.